The van der Waals surface area contributed by atoms with E-state index in [-0.39, 0.29) is 10.6 Å². The van der Waals surface area contributed by atoms with Gasteiger partial charge in [-0.25, -0.2) is 0 Å². The summed E-state index contributed by atoms with van der Waals surface area (Å²) in [7, 11) is 0. The van der Waals surface area contributed by atoms with Crippen molar-refractivity contribution in [2.24, 2.45) is 0 Å². The van der Waals surface area contributed by atoms with Crippen molar-refractivity contribution in [3.05, 3.63) is 34.3 Å². The van der Waals surface area contributed by atoms with E-state index in [1.807, 2.05) is 6.07 Å². The number of hydrogen-bond acceptors (Lipinski definition) is 1. The fourth-order valence-electron chi connectivity index (χ4n) is 1.10. The molecule has 0 aliphatic heterocycles. The van der Waals surface area contributed by atoms with Crippen molar-refractivity contribution < 1.29 is 13.2 Å². The summed E-state index contributed by atoms with van der Waals surface area (Å²) in [6.45, 7) is 1.52. The zero-order valence-corrected chi connectivity index (χ0v) is 8.52. The van der Waals surface area contributed by atoms with Gasteiger partial charge in [0, 0.05) is 5.02 Å². The second-order valence-corrected chi connectivity index (χ2v) is 3.56. The summed E-state index contributed by atoms with van der Waals surface area (Å²) in [5.41, 5.74) is -0.551. The maximum atomic E-state index is 12.4. The van der Waals surface area contributed by atoms with Gasteiger partial charge in [-0.05, 0) is 30.7 Å². The van der Waals surface area contributed by atoms with Gasteiger partial charge in [0.15, 0.2) is 0 Å². The molecule has 0 spiro atoms. The molecule has 0 radical (unpaired) electrons. The molecule has 80 valence electrons. The van der Waals surface area contributed by atoms with E-state index in [0.717, 1.165) is 12.1 Å². The summed E-state index contributed by atoms with van der Waals surface area (Å²) in [6, 6.07) is 5.01. The third kappa shape index (κ3) is 2.87. The van der Waals surface area contributed by atoms with Gasteiger partial charge in [-0.2, -0.15) is 18.4 Å². The van der Waals surface area contributed by atoms with Crippen molar-refractivity contribution in [1.29, 1.82) is 5.26 Å². The Bertz CT molecular complexity index is 406. The van der Waals surface area contributed by atoms with Gasteiger partial charge in [0.25, 0.3) is 0 Å². The Balaban J connectivity index is 3.24. The first-order chi connectivity index (χ1) is 6.84. The summed E-state index contributed by atoms with van der Waals surface area (Å²) in [6.07, 6.45) is -4.44. The molecule has 0 amide bonds. The highest BCUT2D eigenvalue weighted by atomic mass is 35.5. The molecule has 0 fully saturated rings. The first kappa shape index (κ1) is 11.9. The second kappa shape index (κ2) is 4.11. The second-order valence-electron chi connectivity index (χ2n) is 3.12. The van der Waals surface area contributed by atoms with Crippen LogP contribution in [0.1, 0.15) is 24.0 Å². The summed E-state index contributed by atoms with van der Waals surface area (Å²) < 4.78 is 37.1. The largest absolute Gasteiger partial charge is 0.416 e. The SMILES string of the molecule is CC(C#N)c1cc(Cl)cc(C(F)(F)F)c1. The van der Waals surface area contributed by atoms with E-state index in [2.05, 4.69) is 0 Å². The lowest BCUT2D eigenvalue weighted by Crippen LogP contribution is -2.06. The van der Waals surface area contributed by atoms with Gasteiger partial charge < -0.3 is 0 Å². The first-order valence-corrected chi connectivity index (χ1v) is 4.49. The molecule has 1 nitrogen and oxygen atoms in total. The number of rotatable bonds is 1. The van der Waals surface area contributed by atoms with Crippen LogP contribution in [0.3, 0.4) is 0 Å². The van der Waals surface area contributed by atoms with Crippen LogP contribution < -0.4 is 0 Å². The maximum Gasteiger partial charge on any atom is 0.416 e. The van der Waals surface area contributed by atoms with E-state index in [1.54, 1.807) is 0 Å². The highest BCUT2D eigenvalue weighted by molar-refractivity contribution is 6.30. The predicted octanol–water partition coefficient (Wildman–Crippen LogP) is 3.99. The molecule has 1 rings (SSSR count). The molecule has 1 aromatic rings. The summed E-state index contributed by atoms with van der Waals surface area (Å²) >= 11 is 5.55. The normalized spacial score (nSPS) is 13.3. The predicted molar refractivity (Wildman–Crippen MR) is 50.5 cm³/mol. The van der Waals surface area contributed by atoms with Crippen molar-refractivity contribution in [1.82, 2.24) is 0 Å². The lowest BCUT2D eigenvalue weighted by Gasteiger charge is -2.10. The average molecular weight is 234 g/mol. The molecule has 0 heterocycles. The van der Waals surface area contributed by atoms with Crippen LogP contribution in [-0.4, -0.2) is 0 Å². The molecular formula is C10H7ClF3N. The van der Waals surface area contributed by atoms with Crippen LogP contribution in [0, 0.1) is 11.3 Å². The third-order valence-electron chi connectivity index (χ3n) is 1.94. The van der Waals surface area contributed by atoms with Crippen molar-refractivity contribution in [2.45, 2.75) is 19.0 Å². The molecule has 5 heteroatoms. The van der Waals surface area contributed by atoms with Crippen LogP contribution in [0.15, 0.2) is 18.2 Å². The quantitative estimate of drug-likeness (QED) is 0.720. The molecule has 1 aromatic carbocycles. The van der Waals surface area contributed by atoms with E-state index in [0.29, 0.717) is 0 Å². The van der Waals surface area contributed by atoms with Crippen LogP contribution in [0.4, 0.5) is 13.2 Å². The van der Waals surface area contributed by atoms with Gasteiger partial charge >= 0.3 is 6.18 Å². The number of benzene rings is 1. The minimum atomic E-state index is -4.44. The van der Waals surface area contributed by atoms with Gasteiger partial charge in [-0.15, -0.1) is 0 Å². The van der Waals surface area contributed by atoms with E-state index in [4.69, 9.17) is 16.9 Å². The molecule has 1 atom stereocenters. The Morgan fingerprint density at radius 3 is 2.40 bits per heavy atom. The molecule has 0 aliphatic carbocycles. The molecule has 0 aliphatic rings. The molecular weight excluding hydrogens is 227 g/mol. The molecule has 0 saturated heterocycles. The molecule has 1 unspecified atom stereocenters. The van der Waals surface area contributed by atoms with E-state index in [1.165, 1.54) is 13.0 Å². The van der Waals surface area contributed by atoms with E-state index >= 15 is 0 Å². The van der Waals surface area contributed by atoms with Crippen LogP contribution in [-0.2, 0) is 6.18 Å². The Kier molecular flexibility index (Phi) is 3.25. The van der Waals surface area contributed by atoms with Crippen LogP contribution >= 0.6 is 11.6 Å². The minimum Gasteiger partial charge on any atom is -0.198 e. The van der Waals surface area contributed by atoms with Crippen LogP contribution in [0.25, 0.3) is 0 Å². The van der Waals surface area contributed by atoms with Gasteiger partial charge in [-0.3, -0.25) is 0 Å². The Morgan fingerprint density at radius 2 is 1.93 bits per heavy atom. The molecule has 0 bridgehead atoms. The number of alkyl halides is 3. The zero-order chi connectivity index (χ0) is 11.6. The van der Waals surface area contributed by atoms with Gasteiger partial charge in [0.2, 0.25) is 0 Å². The zero-order valence-electron chi connectivity index (χ0n) is 7.77. The lowest BCUT2D eigenvalue weighted by molar-refractivity contribution is -0.137. The average Bonchev–Trinajstić information content (AvgIpc) is 2.14. The minimum absolute atomic E-state index is 0.0121. The summed E-state index contributed by atoms with van der Waals surface area (Å²) in [4.78, 5) is 0. The number of nitrogens with zero attached hydrogens (tertiary/aromatic N) is 1. The highest BCUT2D eigenvalue weighted by Gasteiger charge is 2.31. The lowest BCUT2D eigenvalue weighted by atomic mass is 10.0. The first-order valence-electron chi connectivity index (χ1n) is 4.12. The van der Waals surface area contributed by atoms with Gasteiger partial charge in [0.05, 0.1) is 17.6 Å². The van der Waals surface area contributed by atoms with Crippen molar-refractivity contribution in [3.8, 4) is 6.07 Å². The van der Waals surface area contributed by atoms with Gasteiger partial charge in [-0.1, -0.05) is 11.6 Å². The monoisotopic (exact) mass is 233 g/mol. The van der Waals surface area contributed by atoms with Gasteiger partial charge in [0.1, 0.15) is 0 Å². The highest BCUT2D eigenvalue weighted by Crippen LogP contribution is 2.33. The van der Waals surface area contributed by atoms with Crippen molar-refractivity contribution in [2.75, 3.05) is 0 Å². The number of nitriles is 1. The fraction of sp³-hybridized carbons (Fsp3) is 0.300. The molecule has 0 aromatic heterocycles. The third-order valence-corrected chi connectivity index (χ3v) is 2.16. The van der Waals surface area contributed by atoms with E-state index in [9.17, 15) is 13.2 Å². The molecule has 0 saturated carbocycles. The Labute approximate surface area is 90.1 Å². The Morgan fingerprint density at radius 1 is 1.33 bits per heavy atom. The topological polar surface area (TPSA) is 23.8 Å². The van der Waals surface area contributed by atoms with Crippen molar-refractivity contribution >= 4 is 11.6 Å². The molecule has 0 N–H and O–H groups in total. The molecule has 15 heavy (non-hydrogen) atoms. The van der Waals surface area contributed by atoms with Crippen molar-refractivity contribution in [3.63, 3.8) is 0 Å². The summed E-state index contributed by atoms with van der Waals surface area (Å²) in [5.74, 6) is -0.607. The standard InChI is InChI=1S/C10H7ClF3N/c1-6(5-15)7-2-8(10(12,13)14)4-9(11)3-7/h2-4,6H,1H3. The smallest absolute Gasteiger partial charge is 0.198 e. The number of hydrogen-bond donors (Lipinski definition) is 0. The van der Waals surface area contributed by atoms with Crippen LogP contribution in [0.5, 0.6) is 0 Å². The van der Waals surface area contributed by atoms with Crippen LogP contribution in [0.2, 0.25) is 5.02 Å². The van der Waals surface area contributed by atoms with E-state index < -0.39 is 17.7 Å². The summed E-state index contributed by atoms with van der Waals surface area (Å²) in [5, 5.41) is 8.59. The maximum absolute atomic E-state index is 12.4. The Hall–Kier alpha value is -1.21. The number of halogens is 4. The fourth-order valence-corrected chi connectivity index (χ4v) is 1.34.